The van der Waals surface area contributed by atoms with Gasteiger partial charge in [0, 0.05) is 42.7 Å². The first kappa shape index (κ1) is 18.6. The predicted molar refractivity (Wildman–Crippen MR) is 107 cm³/mol. The van der Waals surface area contributed by atoms with Crippen LogP contribution in [0.4, 0.5) is 0 Å². The van der Waals surface area contributed by atoms with Crippen molar-refractivity contribution in [2.45, 2.75) is 71.1 Å². The van der Waals surface area contributed by atoms with E-state index < -0.39 is 0 Å². The molecule has 158 valence electrons. The summed E-state index contributed by atoms with van der Waals surface area (Å²) in [5.41, 5.74) is 0.561. The Morgan fingerprint density at radius 2 is 2.14 bits per heavy atom. The summed E-state index contributed by atoms with van der Waals surface area (Å²) < 4.78 is 5.96. The molecule has 1 heterocycles. The minimum absolute atomic E-state index is 0.0973. The van der Waals surface area contributed by atoms with Crippen LogP contribution in [-0.4, -0.2) is 53.1 Å². The molecule has 5 heteroatoms. The van der Waals surface area contributed by atoms with E-state index in [0.717, 1.165) is 44.3 Å². The Balaban J connectivity index is 1.59. The number of nitrogens with zero attached hydrogens (tertiary/aromatic N) is 1. The summed E-state index contributed by atoms with van der Waals surface area (Å²) in [7, 11) is 0. The molecule has 1 saturated heterocycles. The lowest BCUT2D eigenvalue weighted by Gasteiger charge is -2.65. The molecule has 5 aliphatic carbocycles. The van der Waals surface area contributed by atoms with E-state index in [9.17, 15) is 14.7 Å². The number of ether oxygens (including phenoxy) is 1. The number of aliphatic hydroxyl groups excluding tert-OH is 1. The van der Waals surface area contributed by atoms with Crippen molar-refractivity contribution in [3.8, 4) is 0 Å². The van der Waals surface area contributed by atoms with E-state index in [0.29, 0.717) is 24.3 Å². The highest BCUT2D eigenvalue weighted by Crippen LogP contribution is 2.83. The van der Waals surface area contributed by atoms with Gasteiger partial charge in [0.2, 0.25) is 0 Å². The van der Waals surface area contributed by atoms with Crippen molar-refractivity contribution in [1.29, 1.82) is 0 Å². The van der Waals surface area contributed by atoms with Crippen molar-refractivity contribution in [2.24, 2.45) is 39.9 Å². The maximum Gasteiger partial charge on any atom is 0.303 e. The molecule has 2 spiro atoms. The number of carbonyl (C=O) groups is 2. The third kappa shape index (κ3) is 1.76. The third-order valence-corrected chi connectivity index (χ3v) is 10.6. The van der Waals surface area contributed by atoms with Crippen LogP contribution in [0.3, 0.4) is 0 Å². The van der Waals surface area contributed by atoms with Gasteiger partial charge in [0.05, 0.1) is 6.10 Å². The smallest absolute Gasteiger partial charge is 0.303 e. The number of carbonyl (C=O) groups excluding carboxylic acids is 2. The Labute approximate surface area is 172 Å². The molecule has 0 aromatic rings. The normalized spacial score (nSPS) is 57.2. The van der Waals surface area contributed by atoms with Gasteiger partial charge in [-0.3, -0.25) is 14.5 Å². The topological polar surface area (TPSA) is 66.8 Å². The quantitative estimate of drug-likeness (QED) is 0.571. The highest BCUT2D eigenvalue weighted by Gasteiger charge is 2.85. The number of ketones is 1. The average Bonchev–Trinajstić information content (AvgIpc) is 3.19. The van der Waals surface area contributed by atoms with E-state index >= 15 is 0 Å². The molecular weight excluding hydrogens is 366 g/mol. The lowest BCUT2D eigenvalue weighted by atomic mass is 9.43. The Morgan fingerprint density at radius 1 is 1.38 bits per heavy atom. The van der Waals surface area contributed by atoms with Crippen LogP contribution in [0.15, 0.2) is 12.2 Å². The van der Waals surface area contributed by atoms with Crippen LogP contribution in [0.25, 0.3) is 0 Å². The van der Waals surface area contributed by atoms with Crippen molar-refractivity contribution in [3.63, 3.8) is 0 Å². The summed E-state index contributed by atoms with van der Waals surface area (Å²) in [4.78, 5) is 27.9. The fourth-order valence-corrected chi connectivity index (χ4v) is 10.1. The first-order valence-corrected chi connectivity index (χ1v) is 11.5. The molecule has 6 fully saturated rings. The molecule has 7 bridgehead atoms. The molecule has 1 N–H and O–H groups in total. The van der Waals surface area contributed by atoms with Crippen LogP contribution >= 0.6 is 0 Å². The van der Waals surface area contributed by atoms with Crippen LogP contribution in [0, 0.1) is 39.9 Å². The van der Waals surface area contributed by atoms with Gasteiger partial charge in [0.25, 0.3) is 0 Å². The molecule has 0 amide bonds. The Morgan fingerprint density at radius 3 is 2.83 bits per heavy atom. The Kier molecular flexibility index (Phi) is 3.42. The largest absolute Gasteiger partial charge is 0.457 e. The van der Waals surface area contributed by atoms with Gasteiger partial charge in [-0.15, -0.1) is 0 Å². The number of hydrogen-bond donors (Lipinski definition) is 1. The minimum atomic E-state index is -0.370. The van der Waals surface area contributed by atoms with Crippen LogP contribution < -0.4 is 0 Å². The van der Waals surface area contributed by atoms with Gasteiger partial charge in [0.1, 0.15) is 11.9 Å². The summed E-state index contributed by atoms with van der Waals surface area (Å²) in [5.74, 6) is 0.727. The standard InChI is InChI=1S/C24H33NO4/c1-5-25-11-22(4)7-6-19(28)24-17(22)8-15(20(24)25)23-10-14(16(27)9-18(23)24)12(2)21(23)29-13(3)26/h14-15,17-21,28H,2,5-11H2,1,3-4H3. The van der Waals surface area contributed by atoms with Crippen molar-refractivity contribution in [2.75, 3.05) is 13.1 Å². The number of piperidine rings is 1. The molecule has 5 saturated carbocycles. The number of hydrogen-bond acceptors (Lipinski definition) is 5. The number of likely N-dealkylation sites (tertiary alicyclic amines) is 1. The first-order chi connectivity index (χ1) is 13.7. The molecule has 0 radical (unpaired) electrons. The summed E-state index contributed by atoms with van der Waals surface area (Å²) in [5, 5.41) is 11.6. The fourth-order valence-electron chi connectivity index (χ4n) is 10.1. The monoisotopic (exact) mass is 399 g/mol. The highest BCUT2D eigenvalue weighted by molar-refractivity contribution is 5.87. The van der Waals surface area contributed by atoms with Crippen LogP contribution in [0.1, 0.15) is 52.9 Å². The summed E-state index contributed by atoms with van der Waals surface area (Å²) in [6.45, 7) is 12.5. The third-order valence-electron chi connectivity index (χ3n) is 10.6. The molecule has 0 aromatic carbocycles. The summed E-state index contributed by atoms with van der Waals surface area (Å²) >= 11 is 0. The predicted octanol–water partition coefficient (Wildman–Crippen LogP) is 2.57. The van der Waals surface area contributed by atoms with Gasteiger partial charge < -0.3 is 9.84 Å². The Bertz CT molecular complexity index is 839. The molecule has 10 unspecified atom stereocenters. The zero-order chi connectivity index (χ0) is 20.5. The molecule has 10 atom stereocenters. The second-order valence-corrected chi connectivity index (χ2v) is 11.3. The van der Waals surface area contributed by atoms with E-state index in [4.69, 9.17) is 4.74 Å². The van der Waals surface area contributed by atoms with Gasteiger partial charge in [-0.25, -0.2) is 0 Å². The summed E-state index contributed by atoms with van der Waals surface area (Å²) in [6, 6.07) is 0.293. The van der Waals surface area contributed by atoms with Gasteiger partial charge >= 0.3 is 5.97 Å². The SMILES string of the molecule is C=C1C2CC3(C1OC(C)=O)C1CC4C5(C)CCC(O)C4(C1N(CC)C5)C3CC2=O. The average molecular weight is 400 g/mol. The second-order valence-electron chi connectivity index (χ2n) is 11.3. The number of fused-ring (bicyclic) bond motifs is 1. The highest BCUT2D eigenvalue weighted by atomic mass is 16.5. The van der Waals surface area contributed by atoms with Crippen LogP contribution in [0.2, 0.25) is 0 Å². The lowest BCUT2D eigenvalue weighted by Crippen LogP contribution is -2.68. The maximum absolute atomic E-state index is 13.2. The lowest BCUT2D eigenvalue weighted by molar-refractivity contribution is -0.213. The molecule has 5 nitrogen and oxygen atoms in total. The van der Waals surface area contributed by atoms with Crippen molar-refractivity contribution >= 4 is 11.8 Å². The van der Waals surface area contributed by atoms with Crippen LogP contribution in [0.5, 0.6) is 0 Å². The van der Waals surface area contributed by atoms with Crippen molar-refractivity contribution in [1.82, 2.24) is 4.90 Å². The molecule has 29 heavy (non-hydrogen) atoms. The number of Topliss-reactive ketones (excluding diaryl/α,β-unsaturated/α-hetero) is 1. The van der Waals surface area contributed by atoms with Gasteiger partial charge in [-0.05, 0) is 61.0 Å². The molecule has 1 aliphatic heterocycles. The Hall–Kier alpha value is -1.20. The van der Waals surface area contributed by atoms with E-state index in [1.807, 2.05) is 0 Å². The zero-order valence-electron chi connectivity index (χ0n) is 17.8. The van der Waals surface area contributed by atoms with E-state index in [1.165, 1.54) is 6.92 Å². The number of rotatable bonds is 2. The first-order valence-electron chi connectivity index (χ1n) is 11.5. The van der Waals surface area contributed by atoms with E-state index in [-0.39, 0.29) is 52.0 Å². The van der Waals surface area contributed by atoms with Crippen molar-refractivity contribution in [3.05, 3.63) is 12.2 Å². The molecular formula is C24H33NO4. The molecule has 6 rings (SSSR count). The molecule has 0 aromatic heterocycles. The van der Waals surface area contributed by atoms with Crippen LogP contribution in [-0.2, 0) is 14.3 Å². The van der Waals surface area contributed by atoms with E-state index in [1.54, 1.807) is 0 Å². The fraction of sp³-hybridized carbons (Fsp3) is 0.833. The minimum Gasteiger partial charge on any atom is -0.457 e. The number of aliphatic hydroxyl groups is 1. The molecule has 6 aliphatic rings. The maximum atomic E-state index is 13.2. The van der Waals surface area contributed by atoms with Gasteiger partial charge in [0.15, 0.2) is 0 Å². The zero-order valence-corrected chi connectivity index (χ0v) is 17.8. The van der Waals surface area contributed by atoms with Gasteiger partial charge in [-0.1, -0.05) is 20.4 Å². The van der Waals surface area contributed by atoms with Crippen molar-refractivity contribution < 1.29 is 19.4 Å². The van der Waals surface area contributed by atoms with E-state index in [2.05, 4.69) is 25.3 Å². The second kappa shape index (κ2) is 5.34. The summed E-state index contributed by atoms with van der Waals surface area (Å²) in [6.07, 6.45) is 3.54. The number of esters is 1. The van der Waals surface area contributed by atoms with Gasteiger partial charge in [-0.2, -0.15) is 0 Å².